The smallest absolute Gasteiger partial charge is 0.315 e. The Kier molecular flexibility index (Phi) is 11.6. The van der Waals surface area contributed by atoms with Gasteiger partial charge in [0.15, 0.2) is 0 Å². The van der Waals surface area contributed by atoms with Gasteiger partial charge in [-0.05, 0) is 41.4 Å². The van der Waals surface area contributed by atoms with Gasteiger partial charge in [0.05, 0.1) is 12.1 Å². The van der Waals surface area contributed by atoms with Gasteiger partial charge in [0.1, 0.15) is 12.1 Å². The van der Waals surface area contributed by atoms with Gasteiger partial charge in [-0.3, -0.25) is 33.7 Å². The Bertz CT molecular complexity index is 1200. The fourth-order valence-corrected chi connectivity index (χ4v) is 6.51. The molecule has 3 fully saturated rings. The molecule has 13 nitrogen and oxygen atoms in total. The number of Topliss-reactive ketones (excluding diaryl/α,β-unsaturated/α-hetero) is 1. The number of primary amides is 1. The summed E-state index contributed by atoms with van der Waals surface area (Å²) in [5.74, 6) is -3.47. The summed E-state index contributed by atoms with van der Waals surface area (Å²) >= 11 is 0. The molecular weight excluding hydrogens is 592 g/mol. The van der Waals surface area contributed by atoms with Gasteiger partial charge >= 0.3 is 6.03 Å². The number of amides is 7. The highest BCUT2D eigenvalue weighted by Crippen LogP contribution is 2.35. The summed E-state index contributed by atoms with van der Waals surface area (Å²) in [6, 6.07) is -4.25. The van der Waals surface area contributed by atoms with Crippen LogP contribution >= 0.6 is 0 Å². The molecule has 3 aliphatic rings. The highest BCUT2D eigenvalue weighted by molar-refractivity contribution is 6.37. The first-order valence-electron chi connectivity index (χ1n) is 16.6. The number of nitrogens with one attached hydrogen (secondary N) is 3. The number of ketones is 1. The molecule has 5 N–H and O–H groups in total. The van der Waals surface area contributed by atoms with Crippen molar-refractivity contribution in [3.8, 4) is 0 Å². The number of rotatable bonds is 12. The predicted octanol–water partition coefficient (Wildman–Crippen LogP) is 1.87. The third-order valence-corrected chi connectivity index (χ3v) is 9.78. The Morgan fingerprint density at radius 1 is 0.870 bits per heavy atom. The van der Waals surface area contributed by atoms with Gasteiger partial charge in [0.2, 0.25) is 29.4 Å². The van der Waals surface area contributed by atoms with Crippen molar-refractivity contribution in [1.29, 1.82) is 0 Å². The Labute approximate surface area is 272 Å². The molecule has 0 spiro atoms. The van der Waals surface area contributed by atoms with E-state index in [1.54, 1.807) is 0 Å². The van der Waals surface area contributed by atoms with Crippen molar-refractivity contribution in [3.63, 3.8) is 0 Å². The van der Waals surface area contributed by atoms with E-state index >= 15 is 0 Å². The van der Waals surface area contributed by atoms with Gasteiger partial charge in [0.25, 0.3) is 5.91 Å². The molecule has 46 heavy (non-hydrogen) atoms. The summed E-state index contributed by atoms with van der Waals surface area (Å²) in [6.45, 7) is 15.3. The highest BCUT2D eigenvalue weighted by atomic mass is 16.2. The third kappa shape index (κ3) is 8.85. The second kappa shape index (κ2) is 14.5. The second-order valence-electron chi connectivity index (χ2n) is 15.7. The maximum atomic E-state index is 14.3. The lowest BCUT2D eigenvalue weighted by Gasteiger charge is -2.38. The SMILES string of the molecule is CC(C)C1CCN(C(=O)[C@@H](NC(=O)N[C@H](CN2C(=O)CCC2=O)C(C)(C)C)C(C)(C)C)[C@@H]1C(=O)NC(CC1CCC1)C(=O)C(N)=O. The molecule has 258 valence electrons. The van der Waals surface area contributed by atoms with Crippen LogP contribution in [-0.4, -0.2) is 88.4 Å². The van der Waals surface area contributed by atoms with Crippen LogP contribution in [-0.2, 0) is 28.8 Å². The van der Waals surface area contributed by atoms with Gasteiger partial charge in [-0.2, -0.15) is 0 Å². The molecule has 1 saturated carbocycles. The van der Waals surface area contributed by atoms with Gasteiger partial charge in [0, 0.05) is 25.9 Å². The molecular formula is C33H54N6O7. The van der Waals surface area contributed by atoms with Crippen LogP contribution in [0.2, 0.25) is 0 Å². The first-order chi connectivity index (χ1) is 21.2. The number of hydrogen-bond acceptors (Lipinski definition) is 7. The van der Waals surface area contributed by atoms with Crippen LogP contribution in [0, 0.1) is 28.6 Å². The molecule has 2 saturated heterocycles. The van der Waals surface area contributed by atoms with Crippen molar-refractivity contribution in [1.82, 2.24) is 25.8 Å². The Hall–Kier alpha value is -3.51. The number of carbonyl (C=O) groups excluding carboxylic acids is 7. The predicted molar refractivity (Wildman–Crippen MR) is 171 cm³/mol. The lowest BCUT2D eigenvalue weighted by atomic mass is 9.80. The van der Waals surface area contributed by atoms with E-state index < -0.39 is 64.5 Å². The summed E-state index contributed by atoms with van der Waals surface area (Å²) in [7, 11) is 0. The standard InChI is InChI=1S/C33H54N6O7/c1-18(2)20-14-15-38(25(20)29(44)35-21(26(42)28(34)43)16-19-10-9-11-19)30(45)27(33(6,7)8)37-31(46)36-22(32(3,4)5)17-39-23(40)12-13-24(39)41/h18-22,25,27H,9-17H2,1-8H3,(H2,34,43)(H,35,44)(H2,36,37,46)/t20?,21?,22-,25+,27-/m1/s1. The number of likely N-dealkylation sites (tertiary alicyclic amines) is 2. The molecule has 13 heteroatoms. The zero-order chi connectivity index (χ0) is 34.7. The zero-order valence-corrected chi connectivity index (χ0v) is 28.7. The van der Waals surface area contributed by atoms with Crippen LogP contribution in [0.4, 0.5) is 4.79 Å². The molecule has 2 heterocycles. The molecule has 5 atom stereocenters. The first-order valence-corrected chi connectivity index (χ1v) is 16.6. The van der Waals surface area contributed by atoms with E-state index in [9.17, 15) is 33.6 Å². The molecule has 2 unspecified atom stereocenters. The van der Waals surface area contributed by atoms with E-state index in [0.29, 0.717) is 12.8 Å². The van der Waals surface area contributed by atoms with E-state index in [1.807, 2.05) is 55.4 Å². The van der Waals surface area contributed by atoms with E-state index in [-0.39, 0.29) is 55.5 Å². The van der Waals surface area contributed by atoms with Crippen molar-refractivity contribution in [2.45, 2.75) is 125 Å². The second-order valence-corrected chi connectivity index (χ2v) is 15.7. The average molecular weight is 647 g/mol. The van der Waals surface area contributed by atoms with Gasteiger partial charge in [-0.15, -0.1) is 0 Å². The minimum Gasteiger partial charge on any atom is -0.363 e. The molecule has 0 bridgehead atoms. The zero-order valence-electron chi connectivity index (χ0n) is 28.7. The molecule has 3 rings (SSSR count). The van der Waals surface area contributed by atoms with Crippen LogP contribution in [0.3, 0.4) is 0 Å². The average Bonchev–Trinajstić information content (AvgIpc) is 3.50. The summed E-state index contributed by atoms with van der Waals surface area (Å²) in [5, 5.41) is 8.48. The topological polar surface area (TPSA) is 188 Å². The van der Waals surface area contributed by atoms with E-state index in [1.165, 1.54) is 9.80 Å². The number of hydrogen-bond donors (Lipinski definition) is 4. The first kappa shape index (κ1) is 37.0. The molecule has 2 aliphatic heterocycles. The van der Waals surface area contributed by atoms with E-state index in [0.717, 1.165) is 19.3 Å². The van der Waals surface area contributed by atoms with Gasteiger partial charge in [-0.1, -0.05) is 74.7 Å². The summed E-state index contributed by atoms with van der Waals surface area (Å²) < 4.78 is 0. The summed E-state index contributed by atoms with van der Waals surface area (Å²) in [6.07, 6.45) is 3.98. The minimum atomic E-state index is -1.11. The highest BCUT2D eigenvalue weighted by Gasteiger charge is 2.48. The maximum Gasteiger partial charge on any atom is 0.315 e. The quantitative estimate of drug-likeness (QED) is 0.184. The number of urea groups is 1. The Balaban J connectivity index is 1.82. The molecule has 0 radical (unpaired) electrons. The molecule has 7 amide bonds. The van der Waals surface area contributed by atoms with Crippen molar-refractivity contribution in [2.75, 3.05) is 13.1 Å². The van der Waals surface area contributed by atoms with Crippen molar-refractivity contribution < 1.29 is 33.6 Å². The number of nitrogens with two attached hydrogens (primary N) is 1. The molecule has 0 aromatic heterocycles. The lowest BCUT2D eigenvalue weighted by molar-refractivity contribution is -0.144. The van der Waals surface area contributed by atoms with Crippen LogP contribution in [0.15, 0.2) is 0 Å². The van der Waals surface area contributed by atoms with Crippen molar-refractivity contribution in [2.24, 2.45) is 34.3 Å². The number of nitrogens with zero attached hydrogens (tertiary/aromatic N) is 2. The van der Waals surface area contributed by atoms with Crippen molar-refractivity contribution in [3.05, 3.63) is 0 Å². The van der Waals surface area contributed by atoms with Crippen LogP contribution in [0.5, 0.6) is 0 Å². The largest absolute Gasteiger partial charge is 0.363 e. The molecule has 1 aliphatic carbocycles. The van der Waals surface area contributed by atoms with Gasteiger partial charge < -0.3 is 26.6 Å². The molecule has 0 aromatic carbocycles. The lowest BCUT2D eigenvalue weighted by Crippen LogP contribution is -2.62. The maximum absolute atomic E-state index is 14.3. The van der Waals surface area contributed by atoms with Crippen molar-refractivity contribution >= 4 is 41.4 Å². The normalized spacial score (nSPS) is 22.7. The minimum absolute atomic E-state index is 0.0131. The van der Waals surface area contributed by atoms with Gasteiger partial charge in [-0.25, -0.2) is 4.79 Å². The summed E-state index contributed by atoms with van der Waals surface area (Å²) in [4.78, 5) is 93.4. The number of carbonyl (C=O) groups is 7. The number of imide groups is 1. The van der Waals surface area contributed by atoms with E-state index in [2.05, 4.69) is 16.0 Å². The Morgan fingerprint density at radius 2 is 1.46 bits per heavy atom. The van der Waals surface area contributed by atoms with Crippen LogP contribution in [0.25, 0.3) is 0 Å². The monoisotopic (exact) mass is 646 g/mol. The van der Waals surface area contributed by atoms with Crippen LogP contribution < -0.4 is 21.7 Å². The molecule has 0 aromatic rings. The Morgan fingerprint density at radius 3 is 1.91 bits per heavy atom. The van der Waals surface area contributed by atoms with Crippen LogP contribution in [0.1, 0.15) is 100 Å². The fourth-order valence-electron chi connectivity index (χ4n) is 6.51. The third-order valence-electron chi connectivity index (χ3n) is 9.78. The van der Waals surface area contributed by atoms with E-state index in [4.69, 9.17) is 5.73 Å². The fraction of sp³-hybridized carbons (Fsp3) is 0.788. The summed E-state index contributed by atoms with van der Waals surface area (Å²) in [5.41, 5.74) is 4.03.